The molecule has 4 heteroatoms. The molecule has 0 spiro atoms. The molecule has 4 aromatic carbocycles. The van der Waals surface area contributed by atoms with E-state index in [1.165, 1.54) is 49.6 Å². The Labute approximate surface area is 268 Å². The Hall–Kier alpha value is -3.70. The van der Waals surface area contributed by atoms with Gasteiger partial charge < -0.3 is 9.05 Å². The second-order valence-electron chi connectivity index (χ2n) is 13.9. The maximum atomic E-state index is 7.42. The normalized spacial score (nSPS) is 29.1. The molecule has 0 fully saturated rings. The van der Waals surface area contributed by atoms with Crippen LogP contribution in [0.3, 0.4) is 0 Å². The fourth-order valence-electron chi connectivity index (χ4n) is 9.30. The van der Waals surface area contributed by atoms with Crippen molar-refractivity contribution < 1.29 is 9.05 Å². The van der Waals surface area contributed by atoms with Crippen molar-refractivity contribution in [3.05, 3.63) is 166 Å². The first-order chi connectivity index (χ1) is 21.8. The molecule has 4 atom stereocenters. The highest BCUT2D eigenvalue weighted by atomic mass is 31.1. The van der Waals surface area contributed by atoms with E-state index < -0.39 is 16.3 Å². The molecule has 4 aromatic rings. The number of allylic oxidation sites excluding steroid dienone is 5. The van der Waals surface area contributed by atoms with Gasteiger partial charge in [0, 0.05) is 45.0 Å². The Balaban J connectivity index is 1.26. The largest absolute Gasteiger partial charge is 0.468 e. The number of hydrogen-bond donors (Lipinski definition) is 0. The third-order valence-electron chi connectivity index (χ3n) is 10.6. The van der Waals surface area contributed by atoms with Crippen LogP contribution in [0.1, 0.15) is 49.9 Å². The van der Waals surface area contributed by atoms with Crippen molar-refractivity contribution in [1.29, 1.82) is 0 Å². The third-order valence-corrected chi connectivity index (χ3v) is 15.2. The molecule has 1 unspecified atom stereocenters. The third kappa shape index (κ3) is 3.71. The summed E-state index contributed by atoms with van der Waals surface area (Å²) in [6.45, 7) is 9.96. The summed E-state index contributed by atoms with van der Waals surface area (Å²) in [6, 6.07) is 43.8. The van der Waals surface area contributed by atoms with Gasteiger partial charge in [-0.3, -0.25) is 0 Å². The Morgan fingerprint density at radius 3 is 1.42 bits per heavy atom. The lowest BCUT2D eigenvalue weighted by molar-refractivity contribution is 0.348. The number of benzene rings is 4. The van der Waals surface area contributed by atoms with Crippen molar-refractivity contribution in [3.8, 4) is 0 Å². The van der Waals surface area contributed by atoms with E-state index in [9.17, 15) is 0 Å². The molecule has 1 aliphatic carbocycles. The predicted molar refractivity (Wildman–Crippen MR) is 189 cm³/mol. The van der Waals surface area contributed by atoms with Gasteiger partial charge in [0.1, 0.15) is 27.8 Å². The molecule has 45 heavy (non-hydrogen) atoms. The van der Waals surface area contributed by atoms with E-state index >= 15 is 0 Å². The van der Waals surface area contributed by atoms with E-state index in [1.807, 2.05) is 0 Å². The zero-order chi connectivity index (χ0) is 30.6. The fourth-order valence-corrected chi connectivity index (χ4v) is 14.8. The van der Waals surface area contributed by atoms with Crippen LogP contribution in [0, 0.1) is 16.2 Å². The van der Waals surface area contributed by atoms with Gasteiger partial charge in [0.05, 0.1) is 5.31 Å². The lowest BCUT2D eigenvalue weighted by Gasteiger charge is -2.47. The summed E-state index contributed by atoms with van der Waals surface area (Å²) in [6.07, 6.45) is 2.02. The van der Waals surface area contributed by atoms with Gasteiger partial charge in [0.15, 0.2) is 0 Å². The van der Waals surface area contributed by atoms with Gasteiger partial charge in [0.25, 0.3) is 0 Å². The summed E-state index contributed by atoms with van der Waals surface area (Å²) in [7, 11) is -1.76. The van der Waals surface area contributed by atoms with Crippen LogP contribution in [0.15, 0.2) is 144 Å². The zero-order valence-electron chi connectivity index (χ0n) is 26.2. The molecule has 0 N–H and O–H groups in total. The minimum atomic E-state index is -0.905. The molecule has 9 rings (SSSR count). The number of rotatable bonds is 4. The Kier molecular flexibility index (Phi) is 5.92. The SMILES string of the molecule is CC1(C)C2=C(O[P@]3C[C@]2(C)C(c2ccccc2)=C3c2ccccc2)C2=C1[C@]1(C)CP2OC(c2ccccc2)=C1c1ccccc1. The van der Waals surface area contributed by atoms with Crippen LogP contribution in [0.4, 0.5) is 0 Å². The van der Waals surface area contributed by atoms with Crippen LogP contribution in [0.25, 0.3) is 22.2 Å². The molecule has 0 radical (unpaired) electrons. The van der Waals surface area contributed by atoms with E-state index in [2.05, 4.69) is 149 Å². The van der Waals surface area contributed by atoms with Gasteiger partial charge in [-0.2, -0.15) is 0 Å². The first-order valence-electron chi connectivity index (χ1n) is 16.0. The molecule has 4 heterocycles. The smallest absolute Gasteiger partial charge is 0.135 e. The monoisotopic (exact) mass is 622 g/mol. The van der Waals surface area contributed by atoms with E-state index in [4.69, 9.17) is 9.05 Å². The van der Waals surface area contributed by atoms with Gasteiger partial charge in [-0.05, 0) is 33.4 Å². The molecule has 222 valence electrons. The van der Waals surface area contributed by atoms with Crippen molar-refractivity contribution in [1.82, 2.24) is 0 Å². The van der Waals surface area contributed by atoms with E-state index in [-0.39, 0.29) is 16.2 Å². The first kappa shape index (κ1) is 27.6. The van der Waals surface area contributed by atoms with Gasteiger partial charge in [0.2, 0.25) is 0 Å². The summed E-state index contributed by atoms with van der Waals surface area (Å²) in [4.78, 5) is 0. The highest BCUT2D eigenvalue weighted by molar-refractivity contribution is 7.65. The van der Waals surface area contributed by atoms with Gasteiger partial charge in [-0.1, -0.05) is 149 Å². The minimum Gasteiger partial charge on any atom is -0.468 e. The van der Waals surface area contributed by atoms with Crippen LogP contribution in [-0.2, 0) is 9.05 Å². The average molecular weight is 623 g/mol. The molecule has 4 aliphatic heterocycles. The molecule has 0 amide bonds. The molecule has 0 saturated carbocycles. The Morgan fingerprint density at radius 1 is 0.444 bits per heavy atom. The summed E-state index contributed by atoms with van der Waals surface area (Å²) in [5.74, 6) is 2.20. The fraction of sp³-hybridized carbons (Fsp3) is 0.220. The molecule has 2 nitrogen and oxygen atoms in total. The summed E-state index contributed by atoms with van der Waals surface area (Å²) in [5, 5.41) is 2.78. The van der Waals surface area contributed by atoms with Crippen LogP contribution in [0.5, 0.6) is 0 Å². The predicted octanol–water partition coefficient (Wildman–Crippen LogP) is 11.6. The van der Waals surface area contributed by atoms with Crippen LogP contribution < -0.4 is 0 Å². The topological polar surface area (TPSA) is 18.5 Å². The average Bonchev–Trinajstić information content (AvgIpc) is 3.56. The maximum Gasteiger partial charge on any atom is 0.135 e. The molecular weight excluding hydrogens is 586 g/mol. The quantitative estimate of drug-likeness (QED) is 0.211. The van der Waals surface area contributed by atoms with Gasteiger partial charge >= 0.3 is 0 Å². The van der Waals surface area contributed by atoms with Crippen LogP contribution in [-0.4, -0.2) is 12.3 Å². The molecule has 5 aliphatic rings. The molecular formula is C41H36O2P2. The molecule has 4 bridgehead atoms. The Bertz CT molecular complexity index is 1990. The molecule has 0 aromatic heterocycles. The van der Waals surface area contributed by atoms with E-state index in [0.29, 0.717) is 0 Å². The van der Waals surface area contributed by atoms with Gasteiger partial charge in [-0.15, -0.1) is 0 Å². The van der Waals surface area contributed by atoms with Crippen molar-refractivity contribution in [2.75, 3.05) is 12.3 Å². The summed E-state index contributed by atoms with van der Waals surface area (Å²) in [5.41, 5.74) is 10.2. The van der Waals surface area contributed by atoms with Crippen molar-refractivity contribution >= 4 is 38.5 Å². The van der Waals surface area contributed by atoms with Gasteiger partial charge in [-0.25, -0.2) is 0 Å². The molecule has 0 saturated heterocycles. The second-order valence-corrected chi connectivity index (χ2v) is 17.3. The van der Waals surface area contributed by atoms with Crippen LogP contribution >= 0.6 is 16.3 Å². The van der Waals surface area contributed by atoms with E-state index in [0.717, 1.165) is 29.4 Å². The van der Waals surface area contributed by atoms with Crippen molar-refractivity contribution in [3.63, 3.8) is 0 Å². The van der Waals surface area contributed by atoms with Crippen molar-refractivity contribution in [2.24, 2.45) is 16.2 Å². The Morgan fingerprint density at radius 2 is 0.867 bits per heavy atom. The van der Waals surface area contributed by atoms with Crippen molar-refractivity contribution in [2.45, 2.75) is 27.7 Å². The summed E-state index contributed by atoms with van der Waals surface area (Å²) >= 11 is 0. The summed E-state index contributed by atoms with van der Waals surface area (Å²) < 4.78 is 14.7. The van der Waals surface area contributed by atoms with E-state index in [1.54, 1.807) is 0 Å². The number of hydrogen-bond acceptors (Lipinski definition) is 2. The maximum absolute atomic E-state index is 7.42. The lowest BCUT2D eigenvalue weighted by Crippen LogP contribution is -2.38. The standard InChI is InChI=1S/C41H36O2P2/c1-39(2)37-34(43-44-26-41(37,4)32(28-19-11-6-12-20-28)35(44)30-23-15-8-16-24-30)36-38(39)40(3)25-45(36)42-33(29-21-13-7-14-22-29)31(40)27-17-9-5-10-18-27/h5-24H,25-26H2,1-4H3/t40-,41-,44-,45?/m1/s1. The first-order valence-corrected chi connectivity index (χ1v) is 18.8. The lowest BCUT2D eigenvalue weighted by atomic mass is 9.59. The highest BCUT2D eigenvalue weighted by Gasteiger charge is 2.67. The highest BCUT2D eigenvalue weighted by Crippen LogP contribution is 2.84. The van der Waals surface area contributed by atoms with Crippen LogP contribution in [0.2, 0.25) is 0 Å². The minimum absolute atomic E-state index is 0.139. The zero-order valence-corrected chi connectivity index (χ0v) is 28.0. The number of fused-ring (bicyclic) bond motifs is 8. The second kappa shape index (κ2) is 9.65.